The van der Waals surface area contributed by atoms with Gasteiger partial charge in [-0.1, -0.05) is 0 Å². The lowest BCUT2D eigenvalue weighted by Gasteiger charge is -2.34. The third-order valence-corrected chi connectivity index (χ3v) is 3.13. The summed E-state index contributed by atoms with van der Waals surface area (Å²) in [6.07, 6.45) is -0.352. The van der Waals surface area contributed by atoms with Crippen LogP contribution < -0.4 is 0 Å². The van der Waals surface area contributed by atoms with Crippen LogP contribution in [-0.4, -0.2) is 58.6 Å². The second-order valence-electron chi connectivity index (χ2n) is 3.87. The number of fused-ring (bicyclic) bond motifs is 2. The number of ether oxygens (including phenoxy) is 4. The van der Waals surface area contributed by atoms with Crippen LogP contribution in [0.5, 0.6) is 0 Å². The van der Waals surface area contributed by atoms with Gasteiger partial charge in [-0.2, -0.15) is 0 Å². The van der Waals surface area contributed by atoms with Gasteiger partial charge in [-0.05, 0) is 6.92 Å². The van der Waals surface area contributed by atoms with E-state index in [9.17, 15) is 0 Å². The summed E-state index contributed by atoms with van der Waals surface area (Å²) in [5.74, 6) is 0. The van der Waals surface area contributed by atoms with Crippen LogP contribution in [0.15, 0.2) is 0 Å². The van der Waals surface area contributed by atoms with Crippen molar-refractivity contribution in [3.63, 3.8) is 0 Å². The zero-order valence-electron chi connectivity index (χ0n) is 8.73. The van der Waals surface area contributed by atoms with Gasteiger partial charge in [0.15, 0.2) is 0 Å². The predicted molar refractivity (Wildman–Crippen MR) is 50.4 cm³/mol. The van der Waals surface area contributed by atoms with Gasteiger partial charge in [0.05, 0.1) is 12.7 Å². The van der Waals surface area contributed by atoms with Crippen LogP contribution >= 0.6 is 0 Å². The zero-order chi connectivity index (χ0) is 10.3. The maximum atomic E-state index is 5.78. The molecule has 2 rings (SSSR count). The molecule has 0 aromatic rings. The molecule has 2 aliphatic rings. The summed E-state index contributed by atoms with van der Waals surface area (Å²) in [7, 11) is 9.06. The third-order valence-electron chi connectivity index (χ3n) is 3.13. The minimum absolute atomic E-state index is 0.0443. The summed E-state index contributed by atoms with van der Waals surface area (Å²) < 4.78 is 21.9. The first-order valence-corrected chi connectivity index (χ1v) is 4.76. The van der Waals surface area contributed by atoms with Crippen LogP contribution in [-0.2, 0) is 18.9 Å². The number of methoxy groups -OCH3 is 2. The largest absolute Gasteiger partial charge is 0.381 e. The Morgan fingerprint density at radius 1 is 1.43 bits per heavy atom. The zero-order valence-corrected chi connectivity index (χ0v) is 8.73. The van der Waals surface area contributed by atoms with E-state index < -0.39 is 11.6 Å². The summed E-state index contributed by atoms with van der Waals surface area (Å²) in [5.41, 5.74) is -0.534. The van der Waals surface area contributed by atoms with E-state index in [2.05, 4.69) is 0 Å². The Balaban J connectivity index is 2.25. The van der Waals surface area contributed by atoms with Crippen molar-refractivity contribution in [3.05, 3.63) is 0 Å². The fourth-order valence-corrected chi connectivity index (χ4v) is 2.46. The predicted octanol–water partition coefficient (Wildman–Crippen LogP) is -0.301. The van der Waals surface area contributed by atoms with Crippen molar-refractivity contribution in [2.24, 2.45) is 0 Å². The molecule has 5 heteroatoms. The molecule has 14 heavy (non-hydrogen) atoms. The molecule has 2 radical (unpaired) electrons. The average Bonchev–Trinajstić information content (AvgIpc) is 2.54. The summed E-state index contributed by atoms with van der Waals surface area (Å²) >= 11 is 0. The molecule has 0 unspecified atom stereocenters. The summed E-state index contributed by atoms with van der Waals surface area (Å²) in [6, 6.07) is -0.411. The number of rotatable bonds is 3. The van der Waals surface area contributed by atoms with Crippen LogP contribution in [0.25, 0.3) is 0 Å². The van der Waals surface area contributed by atoms with Gasteiger partial charge in [0.2, 0.25) is 0 Å². The van der Waals surface area contributed by atoms with Crippen molar-refractivity contribution in [2.75, 3.05) is 20.8 Å². The highest BCUT2D eigenvalue weighted by Crippen LogP contribution is 2.44. The van der Waals surface area contributed by atoms with Gasteiger partial charge in [-0.3, -0.25) is 0 Å². The van der Waals surface area contributed by atoms with E-state index in [1.54, 1.807) is 14.2 Å². The average molecular weight is 198 g/mol. The summed E-state index contributed by atoms with van der Waals surface area (Å²) in [6.45, 7) is 2.40. The quantitative estimate of drug-likeness (QED) is 0.583. The van der Waals surface area contributed by atoms with Crippen molar-refractivity contribution in [1.82, 2.24) is 0 Å². The van der Waals surface area contributed by atoms with Crippen LogP contribution in [0.2, 0.25) is 0 Å². The molecule has 78 valence electrons. The van der Waals surface area contributed by atoms with E-state index in [1.807, 2.05) is 6.92 Å². The van der Waals surface area contributed by atoms with Crippen molar-refractivity contribution < 1.29 is 18.9 Å². The number of hydrogen-bond acceptors (Lipinski definition) is 4. The van der Waals surface area contributed by atoms with Gasteiger partial charge in [-0.25, -0.2) is 0 Å². The van der Waals surface area contributed by atoms with Crippen LogP contribution in [0, 0.1) is 0 Å². The molecule has 0 spiro atoms. The van der Waals surface area contributed by atoms with Crippen molar-refractivity contribution in [2.45, 2.75) is 36.8 Å². The SMILES string of the molecule is [B][C@@H]1O[C@@]2(COC)[C@H](C)O[C@@H]1[C@@H]2OC. The van der Waals surface area contributed by atoms with E-state index in [4.69, 9.17) is 26.8 Å². The Morgan fingerprint density at radius 3 is 2.71 bits per heavy atom. The Hall–Kier alpha value is -0.0951. The summed E-state index contributed by atoms with van der Waals surface area (Å²) in [4.78, 5) is 0. The first kappa shape index (κ1) is 10.4. The Morgan fingerprint density at radius 2 is 2.14 bits per heavy atom. The fraction of sp³-hybridized carbons (Fsp3) is 1.00. The molecule has 0 N–H and O–H groups in total. The van der Waals surface area contributed by atoms with E-state index in [1.165, 1.54) is 0 Å². The standard InChI is InChI=1S/C9H15BO4/c1-5-9(4-11-2)7(12-3)6(13-5)8(10)14-9/h5-8H,4H2,1-3H3/t5-,6+,7-,8+,9-/m0/s1. The highest BCUT2D eigenvalue weighted by Gasteiger charge is 2.64. The number of hydrogen-bond donors (Lipinski definition) is 0. The van der Waals surface area contributed by atoms with Gasteiger partial charge < -0.3 is 18.9 Å². The highest BCUT2D eigenvalue weighted by molar-refractivity contribution is 6.11. The maximum absolute atomic E-state index is 5.78. The van der Waals surface area contributed by atoms with Gasteiger partial charge in [0.1, 0.15) is 25.7 Å². The highest BCUT2D eigenvalue weighted by atomic mass is 16.7. The van der Waals surface area contributed by atoms with E-state index in [-0.39, 0.29) is 18.3 Å². The third kappa shape index (κ3) is 1.16. The lowest BCUT2D eigenvalue weighted by molar-refractivity contribution is -0.178. The van der Waals surface area contributed by atoms with Gasteiger partial charge in [0, 0.05) is 20.2 Å². The fourth-order valence-electron chi connectivity index (χ4n) is 2.46. The van der Waals surface area contributed by atoms with Crippen molar-refractivity contribution >= 4 is 7.85 Å². The Bertz CT molecular complexity index is 225. The van der Waals surface area contributed by atoms with Crippen LogP contribution in [0.3, 0.4) is 0 Å². The monoisotopic (exact) mass is 198 g/mol. The molecule has 2 saturated heterocycles. The molecular formula is C9H15BO4. The van der Waals surface area contributed by atoms with Crippen molar-refractivity contribution in [3.8, 4) is 0 Å². The Labute approximate surface area is 85.3 Å². The van der Waals surface area contributed by atoms with Gasteiger partial charge in [0.25, 0.3) is 0 Å². The first-order chi connectivity index (χ1) is 6.65. The molecule has 2 fully saturated rings. The van der Waals surface area contributed by atoms with Crippen LogP contribution in [0.1, 0.15) is 6.92 Å². The molecule has 0 saturated carbocycles. The normalized spacial score (nSPS) is 51.4. The van der Waals surface area contributed by atoms with Gasteiger partial charge >= 0.3 is 0 Å². The Kier molecular flexibility index (Phi) is 2.60. The molecule has 0 amide bonds. The first-order valence-electron chi connectivity index (χ1n) is 4.76. The molecule has 0 aromatic carbocycles. The molecule has 0 aliphatic carbocycles. The topological polar surface area (TPSA) is 36.9 Å². The molecule has 0 aromatic heterocycles. The van der Waals surface area contributed by atoms with Crippen LogP contribution in [0.4, 0.5) is 0 Å². The van der Waals surface area contributed by atoms with E-state index >= 15 is 0 Å². The molecular weight excluding hydrogens is 183 g/mol. The second kappa shape index (κ2) is 3.49. The van der Waals surface area contributed by atoms with Gasteiger partial charge in [-0.15, -0.1) is 0 Å². The minimum Gasteiger partial charge on any atom is -0.381 e. The lowest BCUT2D eigenvalue weighted by atomic mass is 9.90. The maximum Gasteiger partial charge on any atom is 0.145 e. The summed E-state index contributed by atoms with van der Waals surface area (Å²) in [5, 5.41) is 0. The molecule has 2 aliphatic heterocycles. The van der Waals surface area contributed by atoms with E-state index in [0.717, 1.165) is 0 Å². The molecule has 4 nitrogen and oxygen atoms in total. The second-order valence-corrected chi connectivity index (χ2v) is 3.87. The smallest absolute Gasteiger partial charge is 0.145 e. The lowest BCUT2D eigenvalue weighted by Crippen LogP contribution is -2.50. The molecule has 5 atom stereocenters. The van der Waals surface area contributed by atoms with E-state index in [0.29, 0.717) is 6.61 Å². The molecule has 2 bridgehead atoms. The van der Waals surface area contributed by atoms with Crippen molar-refractivity contribution in [1.29, 1.82) is 0 Å². The molecule has 2 heterocycles. The minimum atomic E-state index is -0.534.